The average molecular weight is 365 g/mol. The highest BCUT2D eigenvalue weighted by molar-refractivity contribution is 6.05. The van der Waals surface area contributed by atoms with Gasteiger partial charge in [0.05, 0.1) is 11.1 Å². The third kappa shape index (κ3) is 2.91. The van der Waals surface area contributed by atoms with Crippen molar-refractivity contribution in [3.63, 3.8) is 0 Å². The van der Waals surface area contributed by atoms with Crippen LogP contribution in [0.1, 0.15) is 10.4 Å². The summed E-state index contributed by atoms with van der Waals surface area (Å²) in [7, 11) is 0. The Morgan fingerprint density at radius 3 is 2.43 bits per heavy atom. The van der Waals surface area contributed by atoms with Crippen molar-refractivity contribution in [2.45, 2.75) is 0 Å². The van der Waals surface area contributed by atoms with Crippen molar-refractivity contribution < 1.29 is 13.9 Å². The van der Waals surface area contributed by atoms with Crippen LogP contribution in [-0.2, 0) is 0 Å². The van der Waals surface area contributed by atoms with Crippen LogP contribution in [-0.4, -0.2) is 11.0 Å². The summed E-state index contributed by atoms with van der Waals surface area (Å²) < 4.78 is 11.5. The van der Waals surface area contributed by atoms with Crippen molar-refractivity contribution in [2.24, 2.45) is 0 Å². The molecule has 2 heterocycles. The first-order valence-corrected chi connectivity index (χ1v) is 8.94. The summed E-state index contributed by atoms with van der Waals surface area (Å²) in [6.07, 6.45) is 0. The highest BCUT2D eigenvalue weighted by Crippen LogP contribution is 2.30. The van der Waals surface area contributed by atoms with Crippen LogP contribution >= 0.6 is 0 Å². The summed E-state index contributed by atoms with van der Waals surface area (Å²) in [5.41, 5.74) is 2.53. The SMILES string of the molecule is O=C(Oc1ccccc1)c1cc(-c2cc3ccccc3o2)nc2ccccc12. The molecule has 0 bridgehead atoms. The van der Waals surface area contributed by atoms with Gasteiger partial charge in [-0.05, 0) is 36.4 Å². The van der Waals surface area contributed by atoms with Crippen molar-refractivity contribution >= 4 is 27.8 Å². The van der Waals surface area contributed by atoms with E-state index in [9.17, 15) is 4.79 Å². The summed E-state index contributed by atoms with van der Waals surface area (Å²) >= 11 is 0. The van der Waals surface area contributed by atoms with Gasteiger partial charge in [0.25, 0.3) is 0 Å². The first-order chi connectivity index (χ1) is 13.8. The zero-order chi connectivity index (χ0) is 18.9. The van der Waals surface area contributed by atoms with E-state index in [1.807, 2.05) is 72.8 Å². The van der Waals surface area contributed by atoms with Gasteiger partial charge in [0.15, 0.2) is 5.76 Å². The van der Waals surface area contributed by atoms with E-state index in [1.165, 1.54) is 0 Å². The zero-order valence-electron chi connectivity index (χ0n) is 14.8. The van der Waals surface area contributed by atoms with Gasteiger partial charge in [-0.2, -0.15) is 0 Å². The molecule has 4 nitrogen and oxygen atoms in total. The minimum absolute atomic E-state index is 0.429. The summed E-state index contributed by atoms with van der Waals surface area (Å²) in [6.45, 7) is 0. The number of aromatic nitrogens is 1. The molecule has 0 N–H and O–H groups in total. The number of pyridine rings is 1. The van der Waals surface area contributed by atoms with Crippen molar-refractivity contribution in [3.8, 4) is 17.2 Å². The number of benzene rings is 3. The van der Waals surface area contributed by atoms with Gasteiger partial charge in [0.1, 0.15) is 17.0 Å². The van der Waals surface area contributed by atoms with Gasteiger partial charge in [-0.15, -0.1) is 0 Å². The molecule has 0 saturated carbocycles. The Morgan fingerprint density at radius 1 is 0.821 bits per heavy atom. The second kappa shape index (κ2) is 6.67. The maximum atomic E-state index is 12.9. The normalized spacial score (nSPS) is 11.0. The van der Waals surface area contributed by atoms with Crippen LogP contribution in [0, 0.1) is 0 Å². The number of hydrogen-bond acceptors (Lipinski definition) is 4. The van der Waals surface area contributed by atoms with Gasteiger partial charge in [-0.25, -0.2) is 9.78 Å². The van der Waals surface area contributed by atoms with Crippen molar-refractivity contribution in [1.82, 2.24) is 4.98 Å². The van der Waals surface area contributed by atoms with Crippen LogP contribution in [0.2, 0.25) is 0 Å². The van der Waals surface area contributed by atoms with Crippen LogP contribution in [0.4, 0.5) is 0 Å². The molecule has 0 unspecified atom stereocenters. The molecule has 134 valence electrons. The van der Waals surface area contributed by atoms with E-state index in [-0.39, 0.29) is 0 Å². The fourth-order valence-corrected chi connectivity index (χ4v) is 3.23. The smallest absolute Gasteiger partial charge is 0.344 e. The first-order valence-electron chi connectivity index (χ1n) is 8.94. The number of fused-ring (bicyclic) bond motifs is 2. The van der Waals surface area contributed by atoms with Crippen LogP contribution < -0.4 is 4.74 Å². The third-order valence-corrected chi connectivity index (χ3v) is 4.57. The number of hydrogen-bond donors (Lipinski definition) is 0. The van der Waals surface area contributed by atoms with Crippen molar-refractivity contribution in [2.75, 3.05) is 0 Å². The molecule has 0 amide bonds. The lowest BCUT2D eigenvalue weighted by molar-refractivity contribution is 0.0737. The van der Waals surface area contributed by atoms with Crippen molar-refractivity contribution in [1.29, 1.82) is 0 Å². The van der Waals surface area contributed by atoms with E-state index in [4.69, 9.17) is 9.15 Å². The highest BCUT2D eigenvalue weighted by Gasteiger charge is 2.17. The van der Waals surface area contributed by atoms with E-state index in [1.54, 1.807) is 18.2 Å². The quantitative estimate of drug-likeness (QED) is 0.296. The van der Waals surface area contributed by atoms with Crippen LogP contribution in [0.5, 0.6) is 5.75 Å². The lowest BCUT2D eigenvalue weighted by Crippen LogP contribution is -2.10. The van der Waals surface area contributed by atoms with Crippen LogP contribution in [0.3, 0.4) is 0 Å². The standard InChI is InChI=1S/C24H15NO3/c26-24(27-17-9-2-1-3-10-17)19-15-21(25-20-12-6-5-11-18(19)20)23-14-16-8-4-7-13-22(16)28-23/h1-15H. The predicted molar refractivity (Wildman–Crippen MR) is 108 cm³/mol. The van der Waals surface area contributed by atoms with Gasteiger partial charge in [0.2, 0.25) is 0 Å². The molecule has 0 spiro atoms. The minimum Gasteiger partial charge on any atom is -0.454 e. The predicted octanol–water partition coefficient (Wildman–Crippen LogP) is 5.87. The Labute approximate surface area is 161 Å². The fraction of sp³-hybridized carbons (Fsp3) is 0. The van der Waals surface area contributed by atoms with Gasteiger partial charge >= 0.3 is 5.97 Å². The molecule has 0 radical (unpaired) electrons. The lowest BCUT2D eigenvalue weighted by atomic mass is 10.1. The maximum Gasteiger partial charge on any atom is 0.344 e. The van der Waals surface area contributed by atoms with Gasteiger partial charge < -0.3 is 9.15 Å². The van der Waals surface area contributed by atoms with Crippen LogP contribution in [0.25, 0.3) is 33.3 Å². The molecule has 0 aliphatic carbocycles. The first kappa shape index (κ1) is 16.3. The molecule has 2 aromatic heterocycles. The average Bonchev–Trinajstić information content (AvgIpc) is 3.18. The molecule has 5 aromatic rings. The van der Waals surface area contributed by atoms with Gasteiger partial charge in [-0.3, -0.25) is 0 Å². The number of nitrogens with zero attached hydrogens (tertiary/aromatic N) is 1. The number of carbonyl (C=O) groups is 1. The molecule has 3 aromatic carbocycles. The van der Waals surface area contributed by atoms with E-state index < -0.39 is 5.97 Å². The number of carbonyl (C=O) groups excluding carboxylic acids is 1. The van der Waals surface area contributed by atoms with Crippen molar-refractivity contribution in [3.05, 3.63) is 96.6 Å². The summed E-state index contributed by atoms with van der Waals surface area (Å²) in [6, 6.07) is 28.0. The van der Waals surface area contributed by atoms with Gasteiger partial charge in [-0.1, -0.05) is 54.6 Å². The topological polar surface area (TPSA) is 52.3 Å². The summed E-state index contributed by atoms with van der Waals surface area (Å²) in [4.78, 5) is 17.6. The number of ether oxygens (including phenoxy) is 1. The number of para-hydroxylation sites is 3. The van der Waals surface area contributed by atoms with E-state index >= 15 is 0 Å². The van der Waals surface area contributed by atoms with E-state index in [0.29, 0.717) is 28.3 Å². The van der Waals surface area contributed by atoms with E-state index in [2.05, 4.69) is 4.98 Å². The van der Waals surface area contributed by atoms with Crippen LogP contribution in [0.15, 0.2) is 95.4 Å². The molecule has 0 fully saturated rings. The number of rotatable bonds is 3. The summed E-state index contributed by atoms with van der Waals surface area (Å²) in [5, 5.41) is 1.73. The largest absolute Gasteiger partial charge is 0.454 e. The molecule has 28 heavy (non-hydrogen) atoms. The lowest BCUT2D eigenvalue weighted by Gasteiger charge is -2.09. The third-order valence-electron chi connectivity index (χ3n) is 4.57. The Kier molecular flexibility index (Phi) is 3.87. The Hall–Kier alpha value is -3.92. The van der Waals surface area contributed by atoms with Gasteiger partial charge in [0, 0.05) is 10.8 Å². The molecule has 4 heteroatoms. The molecular weight excluding hydrogens is 350 g/mol. The minimum atomic E-state index is -0.429. The molecule has 0 aliphatic heterocycles. The Morgan fingerprint density at radius 2 is 1.57 bits per heavy atom. The Bertz CT molecular complexity index is 1270. The second-order valence-electron chi connectivity index (χ2n) is 6.42. The van der Waals surface area contributed by atoms with E-state index in [0.717, 1.165) is 16.4 Å². The fourth-order valence-electron chi connectivity index (χ4n) is 3.23. The molecule has 0 aliphatic rings. The number of furan rings is 1. The monoisotopic (exact) mass is 365 g/mol. The highest BCUT2D eigenvalue weighted by atomic mass is 16.5. The Balaban J connectivity index is 1.64. The molecule has 5 rings (SSSR count). The second-order valence-corrected chi connectivity index (χ2v) is 6.42. The molecular formula is C24H15NO3. The number of esters is 1. The molecule has 0 atom stereocenters. The summed E-state index contributed by atoms with van der Waals surface area (Å²) in [5.74, 6) is 0.682. The molecule has 0 saturated heterocycles. The zero-order valence-corrected chi connectivity index (χ0v) is 14.8. The maximum absolute atomic E-state index is 12.9.